The van der Waals surface area contributed by atoms with Gasteiger partial charge in [0.15, 0.2) is 0 Å². The lowest BCUT2D eigenvalue weighted by atomic mass is 9.44. The van der Waals surface area contributed by atoms with Crippen LogP contribution >= 0.6 is 0 Å². The van der Waals surface area contributed by atoms with Gasteiger partial charge in [0, 0.05) is 6.92 Å². The number of hydrogen-bond donors (Lipinski definition) is 1. The van der Waals surface area contributed by atoms with E-state index in [0.29, 0.717) is 23.5 Å². The Morgan fingerprint density at radius 3 is 2.83 bits per heavy atom. The number of carbonyl (C=O) groups excluding carboxylic acids is 1. The molecule has 3 nitrogen and oxygen atoms in total. The van der Waals surface area contributed by atoms with Crippen molar-refractivity contribution in [1.82, 2.24) is 0 Å². The first-order valence-electron chi connectivity index (χ1n) is 12.0. The van der Waals surface area contributed by atoms with E-state index in [1.165, 1.54) is 43.7 Å². The molecule has 0 amide bonds. The first-order valence-corrected chi connectivity index (χ1v) is 12.0. The van der Waals surface area contributed by atoms with E-state index < -0.39 is 0 Å². The molecule has 2 fully saturated rings. The Hall–Kier alpha value is -1.61. The molecule has 30 heavy (non-hydrogen) atoms. The van der Waals surface area contributed by atoms with Crippen LogP contribution in [0.2, 0.25) is 0 Å². The van der Waals surface area contributed by atoms with Crippen molar-refractivity contribution in [2.45, 2.75) is 90.6 Å². The molecule has 3 aliphatic rings. The van der Waals surface area contributed by atoms with Gasteiger partial charge in [0.1, 0.15) is 5.75 Å². The van der Waals surface area contributed by atoms with E-state index in [9.17, 15) is 9.90 Å². The molecule has 1 aromatic carbocycles. The van der Waals surface area contributed by atoms with Gasteiger partial charge in [0.05, 0.1) is 6.10 Å². The molecule has 0 bridgehead atoms. The number of aryl methyl sites for hydroxylation is 1. The maximum atomic E-state index is 11.4. The molecule has 0 saturated heterocycles. The minimum Gasteiger partial charge on any atom is -0.427 e. The maximum absolute atomic E-state index is 11.4. The molecule has 4 rings (SSSR count). The van der Waals surface area contributed by atoms with Crippen LogP contribution in [0.5, 0.6) is 5.75 Å². The van der Waals surface area contributed by atoms with Gasteiger partial charge < -0.3 is 9.84 Å². The summed E-state index contributed by atoms with van der Waals surface area (Å²) in [5.41, 5.74) is 2.81. The minimum atomic E-state index is -0.267. The Bertz CT molecular complexity index is 814. The van der Waals surface area contributed by atoms with Crippen LogP contribution in [0.4, 0.5) is 0 Å². The molecule has 0 aliphatic heterocycles. The van der Waals surface area contributed by atoms with E-state index in [0.717, 1.165) is 32.1 Å². The highest BCUT2D eigenvalue weighted by Crippen LogP contribution is 2.69. The SMILES string of the molecule is C=C[C@@]12CCc3cc(OC(C)=O)ccc3[C@H]1C(CCCCC)C[C@@]1(C)[C@H]2CC[C@@H]1O. The van der Waals surface area contributed by atoms with Crippen molar-refractivity contribution < 1.29 is 14.6 Å². The van der Waals surface area contributed by atoms with Crippen molar-refractivity contribution in [3.8, 4) is 5.75 Å². The number of esters is 1. The molecular formula is C27H38O3. The summed E-state index contributed by atoms with van der Waals surface area (Å²) in [6.45, 7) is 10.5. The first kappa shape index (κ1) is 21.6. The summed E-state index contributed by atoms with van der Waals surface area (Å²) in [4.78, 5) is 11.4. The van der Waals surface area contributed by atoms with E-state index in [2.05, 4.69) is 38.6 Å². The second-order valence-electron chi connectivity index (χ2n) is 10.4. The number of benzene rings is 1. The topological polar surface area (TPSA) is 46.5 Å². The minimum absolute atomic E-state index is 0.00322. The van der Waals surface area contributed by atoms with Crippen LogP contribution in [0.1, 0.15) is 89.2 Å². The molecule has 2 saturated carbocycles. The third kappa shape index (κ3) is 3.34. The third-order valence-electron chi connectivity index (χ3n) is 8.78. The fourth-order valence-electron chi connectivity index (χ4n) is 7.57. The number of fused-ring (bicyclic) bond motifs is 5. The average Bonchev–Trinajstić information content (AvgIpc) is 3.02. The Morgan fingerprint density at radius 2 is 2.13 bits per heavy atom. The molecule has 6 atom stereocenters. The molecule has 1 N–H and O–H groups in total. The average molecular weight is 411 g/mol. The Morgan fingerprint density at radius 1 is 1.33 bits per heavy atom. The van der Waals surface area contributed by atoms with Crippen LogP contribution in [-0.2, 0) is 11.2 Å². The molecule has 3 heteroatoms. The number of carbonyl (C=O) groups is 1. The van der Waals surface area contributed by atoms with Crippen LogP contribution in [0.25, 0.3) is 0 Å². The van der Waals surface area contributed by atoms with Gasteiger partial charge in [0.2, 0.25) is 0 Å². The maximum Gasteiger partial charge on any atom is 0.308 e. The molecule has 164 valence electrons. The largest absolute Gasteiger partial charge is 0.427 e. The summed E-state index contributed by atoms with van der Waals surface area (Å²) in [5.74, 6) is 1.89. The van der Waals surface area contributed by atoms with Crippen LogP contribution in [0.3, 0.4) is 0 Å². The zero-order valence-electron chi connectivity index (χ0n) is 19.0. The highest BCUT2D eigenvalue weighted by Gasteiger charge is 2.63. The highest BCUT2D eigenvalue weighted by molar-refractivity contribution is 5.69. The summed E-state index contributed by atoms with van der Waals surface area (Å²) in [6.07, 6.45) is 12.2. The predicted octanol–water partition coefficient (Wildman–Crippen LogP) is 6.19. The molecule has 1 aromatic rings. The Labute approximate surface area is 181 Å². The molecule has 1 unspecified atom stereocenters. The smallest absolute Gasteiger partial charge is 0.308 e. The van der Waals surface area contributed by atoms with Crippen molar-refractivity contribution in [3.63, 3.8) is 0 Å². The highest BCUT2D eigenvalue weighted by atomic mass is 16.5. The lowest BCUT2D eigenvalue weighted by molar-refractivity contribution is -0.131. The van der Waals surface area contributed by atoms with E-state index in [1.807, 2.05) is 6.07 Å². The van der Waals surface area contributed by atoms with E-state index >= 15 is 0 Å². The van der Waals surface area contributed by atoms with Crippen molar-refractivity contribution >= 4 is 5.97 Å². The molecule has 0 aromatic heterocycles. The van der Waals surface area contributed by atoms with Crippen LogP contribution in [0.15, 0.2) is 30.9 Å². The van der Waals surface area contributed by atoms with Crippen molar-refractivity contribution in [2.24, 2.45) is 22.7 Å². The fraction of sp³-hybridized carbons (Fsp3) is 0.667. The van der Waals surface area contributed by atoms with Gasteiger partial charge in [-0.2, -0.15) is 0 Å². The third-order valence-corrected chi connectivity index (χ3v) is 8.78. The summed E-state index contributed by atoms with van der Waals surface area (Å²) in [7, 11) is 0. The Balaban J connectivity index is 1.78. The number of aliphatic hydroxyl groups excluding tert-OH is 1. The van der Waals surface area contributed by atoms with Gasteiger partial charge in [-0.05, 0) is 90.4 Å². The normalized spacial score (nSPS) is 37.1. The molecule has 0 spiro atoms. The number of aliphatic hydroxyl groups is 1. The fourth-order valence-corrected chi connectivity index (χ4v) is 7.57. The van der Waals surface area contributed by atoms with Gasteiger partial charge in [-0.25, -0.2) is 0 Å². The lowest BCUT2D eigenvalue weighted by Gasteiger charge is -2.60. The van der Waals surface area contributed by atoms with E-state index in [-0.39, 0.29) is 22.9 Å². The molecule has 3 aliphatic carbocycles. The lowest BCUT2D eigenvalue weighted by Crippen LogP contribution is -2.54. The van der Waals surface area contributed by atoms with Gasteiger partial charge >= 0.3 is 5.97 Å². The summed E-state index contributed by atoms with van der Waals surface area (Å²) in [6, 6.07) is 6.28. The molecule has 0 radical (unpaired) electrons. The molecular weight excluding hydrogens is 372 g/mol. The van der Waals surface area contributed by atoms with Gasteiger partial charge in [0.25, 0.3) is 0 Å². The Kier molecular flexibility index (Phi) is 5.87. The van der Waals surface area contributed by atoms with Gasteiger partial charge in [-0.3, -0.25) is 4.79 Å². The summed E-state index contributed by atoms with van der Waals surface area (Å²) < 4.78 is 5.38. The van der Waals surface area contributed by atoms with E-state index in [1.54, 1.807) is 0 Å². The number of unbranched alkanes of at least 4 members (excludes halogenated alkanes) is 2. The zero-order chi connectivity index (χ0) is 21.5. The van der Waals surface area contributed by atoms with Crippen LogP contribution in [0, 0.1) is 22.7 Å². The first-order chi connectivity index (χ1) is 14.4. The van der Waals surface area contributed by atoms with E-state index in [4.69, 9.17) is 4.74 Å². The second kappa shape index (κ2) is 8.15. The van der Waals surface area contributed by atoms with Crippen LogP contribution < -0.4 is 4.74 Å². The zero-order valence-corrected chi connectivity index (χ0v) is 19.0. The van der Waals surface area contributed by atoms with Crippen molar-refractivity contribution in [1.29, 1.82) is 0 Å². The number of ether oxygens (including phenoxy) is 1. The summed E-state index contributed by atoms with van der Waals surface area (Å²) in [5, 5.41) is 11.0. The number of allylic oxidation sites excluding steroid dienone is 1. The van der Waals surface area contributed by atoms with Crippen molar-refractivity contribution in [2.75, 3.05) is 0 Å². The number of rotatable bonds is 6. The monoisotopic (exact) mass is 410 g/mol. The van der Waals surface area contributed by atoms with Gasteiger partial charge in [-0.15, -0.1) is 6.58 Å². The van der Waals surface area contributed by atoms with Crippen molar-refractivity contribution in [3.05, 3.63) is 42.0 Å². The summed E-state index contributed by atoms with van der Waals surface area (Å²) >= 11 is 0. The van der Waals surface area contributed by atoms with Gasteiger partial charge in [-0.1, -0.05) is 45.3 Å². The standard InChI is InChI=1S/C27H38O3/c1-5-7-8-9-20-17-26(4)23(12-13-24(26)29)27(6-2)15-14-19-16-21(30-18(3)28)10-11-22(19)25(20)27/h6,10-11,16,20,23-25,29H,2,5,7-9,12-15,17H2,1,3-4H3/t20?,23-,24+,25-,26+,27+/m1/s1. The molecule has 0 heterocycles. The quantitative estimate of drug-likeness (QED) is 0.263. The van der Waals surface area contributed by atoms with Crippen LogP contribution in [-0.4, -0.2) is 17.2 Å². The predicted molar refractivity (Wildman–Crippen MR) is 121 cm³/mol. The second-order valence-corrected chi connectivity index (χ2v) is 10.4. The number of hydrogen-bond acceptors (Lipinski definition) is 3.